The lowest BCUT2D eigenvalue weighted by Crippen LogP contribution is -2.48. The van der Waals surface area contributed by atoms with Gasteiger partial charge in [0.15, 0.2) is 11.8 Å². The molecule has 2 heterocycles. The molecule has 8 nitrogen and oxygen atoms in total. The molecule has 0 spiro atoms. The highest BCUT2D eigenvalue weighted by Crippen LogP contribution is 2.34. The lowest BCUT2D eigenvalue weighted by Gasteiger charge is -2.35. The van der Waals surface area contributed by atoms with Gasteiger partial charge in [0.2, 0.25) is 0 Å². The molecule has 0 bridgehead atoms. The molecule has 0 aromatic carbocycles. The molecular formula is C20H38IN7O. The van der Waals surface area contributed by atoms with Crippen molar-refractivity contribution in [3.8, 4) is 0 Å². The molecule has 1 saturated heterocycles. The number of nitrogens with one attached hydrogen (secondary N) is 2. The van der Waals surface area contributed by atoms with Crippen LogP contribution in [0.2, 0.25) is 0 Å². The third-order valence-electron chi connectivity index (χ3n) is 6.07. The smallest absolute Gasteiger partial charge is 0.191 e. The Bertz CT molecular complexity index is 645. The first kappa shape index (κ1) is 24.3. The summed E-state index contributed by atoms with van der Waals surface area (Å²) < 4.78 is 7.43. The van der Waals surface area contributed by atoms with Crippen LogP contribution in [0, 0.1) is 12.3 Å². The van der Waals surface area contributed by atoms with Gasteiger partial charge in [-0.1, -0.05) is 13.8 Å². The van der Waals surface area contributed by atoms with Crippen LogP contribution in [0.25, 0.3) is 0 Å². The summed E-state index contributed by atoms with van der Waals surface area (Å²) in [6.07, 6.45) is 4.91. The summed E-state index contributed by atoms with van der Waals surface area (Å²) in [5, 5.41) is 15.6. The minimum absolute atomic E-state index is 0. The number of nitrogens with zero attached hydrogens (tertiary/aromatic N) is 5. The molecule has 1 aliphatic heterocycles. The van der Waals surface area contributed by atoms with E-state index < -0.39 is 0 Å². The van der Waals surface area contributed by atoms with Crippen molar-refractivity contribution in [3.63, 3.8) is 0 Å². The van der Waals surface area contributed by atoms with Crippen LogP contribution in [0.3, 0.4) is 0 Å². The number of morpholine rings is 1. The molecule has 1 aromatic heterocycles. The molecule has 0 radical (unpaired) electrons. The average Bonchev–Trinajstić information content (AvgIpc) is 3.00. The van der Waals surface area contributed by atoms with Crippen molar-refractivity contribution < 1.29 is 4.74 Å². The van der Waals surface area contributed by atoms with Gasteiger partial charge in [0.25, 0.3) is 0 Å². The van der Waals surface area contributed by atoms with E-state index in [-0.39, 0.29) is 24.0 Å². The van der Waals surface area contributed by atoms with Crippen molar-refractivity contribution in [2.45, 2.75) is 59.0 Å². The molecule has 1 aliphatic carbocycles. The Morgan fingerprint density at radius 3 is 2.52 bits per heavy atom. The van der Waals surface area contributed by atoms with Crippen molar-refractivity contribution in [2.75, 3.05) is 39.4 Å². The summed E-state index contributed by atoms with van der Waals surface area (Å²) in [7, 11) is 1.99. The van der Waals surface area contributed by atoms with Gasteiger partial charge >= 0.3 is 0 Å². The quantitative estimate of drug-likeness (QED) is 0.341. The van der Waals surface area contributed by atoms with Gasteiger partial charge in [0.1, 0.15) is 12.4 Å². The van der Waals surface area contributed by atoms with E-state index in [2.05, 4.69) is 39.6 Å². The molecule has 2 fully saturated rings. The van der Waals surface area contributed by atoms with E-state index in [1.165, 1.54) is 25.7 Å². The molecule has 0 atom stereocenters. The summed E-state index contributed by atoms with van der Waals surface area (Å²) in [5.74, 6) is 2.68. The van der Waals surface area contributed by atoms with Gasteiger partial charge < -0.3 is 19.9 Å². The number of hydrogen-bond acceptors (Lipinski definition) is 5. The van der Waals surface area contributed by atoms with Crippen molar-refractivity contribution >= 4 is 29.9 Å². The van der Waals surface area contributed by atoms with Gasteiger partial charge in [0.05, 0.1) is 13.2 Å². The number of aryl methyl sites for hydroxylation is 1. The monoisotopic (exact) mass is 519 g/mol. The molecule has 9 heteroatoms. The zero-order chi connectivity index (χ0) is 20.0. The maximum absolute atomic E-state index is 5.43. The zero-order valence-corrected chi connectivity index (χ0v) is 20.7. The second kappa shape index (κ2) is 11.5. The number of ether oxygens (including phenoxy) is 1. The van der Waals surface area contributed by atoms with Crippen LogP contribution in [0.4, 0.5) is 0 Å². The van der Waals surface area contributed by atoms with E-state index in [1.807, 2.05) is 18.5 Å². The van der Waals surface area contributed by atoms with Crippen molar-refractivity contribution in [2.24, 2.45) is 17.5 Å². The fraction of sp³-hybridized carbons (Fsp3) is 0.850. The standard InChI is InChI=1S/C20H37N7O.HI/c1-16-24-25-18(26(16)4)15-22-19(21-9-10-27-11-13-28-14-12-27)23-17-5-7-20(2,3)8-6-17;/h17H,5-15H2,1-4H3,(H2,21,22,23);1H. The minimum atomic E-state index is 0. The third-order valence-corrected chi connectivity index (χ3v) is 6.07. The largest absolute Gasteiger partial charge is 0.379 e. The fourth-order valence-electron chi connectivity index (χ4n) is 3.79. The summed E-state index contributed by atoms with van der Waals surface area (Å²) in [6.45, 7) is 12.8. The van der Waals surface area contributed by atoms with E-state index >= 15 is 0 Å². The number of halogens is 1. The van der Waals surface area contributed by atoms with Crippen LogP contribution >= 0.6 is 24.0 Å². The maximum atomic E-state index is 5.43. The second-order valence-electron chi connectivity index (χ2n) is 8.85. The van der Waals surface area contributed by atoms with E-state index in [9.17, 15) is 0 Å². The number of aromatic nitrogens is 3. The summed E-state index contributed by atoms with van der Waals surface area (Å²) in [5.41, 5.74) is 0.468. The lowest BCUT2D eigenvalue weighted by molar-refractivity contribution is 0.0389. The van der Waals surface area contributed by atoms with Crippen LogP contribution in [-0.4, -0.2) is 71.1 Å². The first-order chi connectivity index (χ1) is 13.4. The van der Waals surface area contributed by atoms with Gasteiger partial charge in [0, 0.05) is 39.3 Å². The molecule has 1 aromatic rings. The van der Waals surface area contributed by atoms with E-state index in [4.69, 9.17) is 9.73 Å². The van der Waals surface area contributed by atoms with Gasteiger partial charge in [-0.05, 0) is 38.0 Å². The SMILES string of the molecule is Cc1nnc(CN=C(NCCN2CCOCC2)NC2CCC(C)(C)CC2)n1C.I. The van der Waals surface area contributed by atoms with Crippen LogP contribution in [0.1, 0.15) is 51.2 Å². The van der Waals surface area contributed by atoms with Gasteiger partial charge in [-0.3, -0.25) is 4.90 Å². The molecule has 1 saturated carbocycles. The van der Waals surface area contributed by atoms with Crippen molar-refractivity contribution in [1.29, 1.82) is 0 Å². The molecule has 2 aliphatic rings. The number of hydrogen-bond donors (Lipinski definition) is 2. The number of guanidine groups is 1. The van der Waals surface area contributed by atoms with Crippen molar-refractivity contribution in [3.05, 3.63) is 11.6 Å². The summed E-state index contributed by atoms with van der Waals surface area (Å²) in [6, 6.07) is 0.490. The lowest BCUT2D eigenvalue weighted by atomic mass is 9.75. The summed E-state index contributed by atoms with van der Waals surface area (Å²) in [4.78, 5) is 7.24. The van der Waals surface area contributed by atoms with E-state index in [0.29, 0.717) is 18.0 Å². The zero-order valence-electron chi connectivity index (χ0n) is 18.4. The Kier molecular flexibility index (Phi) is 9.61. The molecule has 29 heavy (non-hydrogen) atoms. The highest BCUT2D eigenvalue weighted by atomic mass is 127. The van der Waals surface area contributed by atoms with Crippen LogP contribution in [-0.2, 0) is 18.3 Å². The highest BCUT2D eigenvalue weighted by Gasteiger charge is 2.27. The van der Waals surface area contributed by atoms with Gasteiger partial charge in [-0.25, -0.2) is 4.99 Å². The number of aliphatic imine (C=N–C) groups is 1. The molecule has 0 amide bonds. The average molecular weight is 519 g/mol. The first-order valence-corrected chi connectivity index (χ1v) is 10.6. The molecule has 3 rings (SSSR count). The molecule has 166 valence electrons. The molecule has 2 N–H and O–H groups in total. The Labute approximate surface area is 192 Å². The molecule has 0 unspecified atom stereocenters. The molecular weight excluding hydrogens is 481 g/mol. The predicted molar refractivity (Wildman–Crippen MR) is 127 cm³/mol. The number of rotatable bonds is 6. The fourth-order valence-corrected chi connectivity index (χ4v) is 3.79. The second-order valence-corrected chi connectivity index (χ2v) is 8.85. The van der Waals surface area contributed by atoms with Gasteiger partial charge in [-0.15, -0.1) is 34.2 Å². The minimum Gasteiger partial charge on any atom is -0.379 e. The van der Waals surface area contributed by atoms with Crippen LogP contribution in [0.5, 0.6) is 0 Å². The van der Waals surface area contributed by atoms with Crippen molar-refractivity contribution in [1.82, 2.24) is 30.3 Å². The first-order valence-electron chi connectivity index (χ1n) is 10.6. The Hall–Kier alpha value is -0.940. The summed E-state index contributed by atoms with van der Waals surface area (Å²) >= 11 is 0. The highest BCUT2D eigenvalue weighted by molar-refractivity contribution is 14.0. The third kappa shape index (κ3) is 7.67. The van der Waals surface area contributed by atoms with E-state index in [1.54, 1.807) is 0 Å². The van der Waals surface area contributed by atoms with Crippen LogP contribution < -0.4 is 10.6 Å². The normalized spacial score (nSPS) is 20.9. The Morgan fingerprint density at radius 2 is 1.90 bits per heavy atom. The topological polar surface area (TPSA) is 79.6 Å². The Morgan fingerprint density at radius 1 is 1.21 bits per heavy atom. The van der Waals surface area contributed by atoms with Crippen LogP contribution in [0.15, 0.2) is 4.99 Å². The Balaban J connectivity index is 0.00000300. The van der Waals surface area contributed by atoms with E-state index in [0.717, 1.165) is 57.0 Å². The maximum Gasteiger partial charge on any atom is 0.191 e. The predicted octanol–water partition coefficient (Wildman–Crippen LogP) is 2.08. The van der Waals surface area contributed by atoms with Gasteiger partial charge in [-0.2, -0.15) is 0 Å².